The van der Waals surface area contributed by atoms with Gasteiger partial charge >= 0.3 is 11.9 Å². The van der Waals surface area contributed by atoms with Crippen molar-refractivity contribution in [3.63, 3.8) is 0 Å². The first kappa shape index (κ1) is 14.4. The first-order valence-electron chi connectivity index (χ1n) is 6.08. The van der Waals surface area contributed by atoms with Crippen molar-refractivity contribution in [2.45, 2.75) is 18.8 Å². The van der Waals surface area contributed by atoms with Crippen LogP contribution in [0.3, 0.4) is 0 Å². The van der Waals surface area contributed by atoms with Gasteiger partial charge in [0.1, 0.15) is 11.8 Å². The second-order valence-electron chi connectivity index (χ2n) is 4.29. The van der Waals surface area contributed by atoms with E-state index >= 15 is 0 Å². The van der Waals surface area contributed by atoms with Gasteiger partial charge in [0.15, 0.2) is 0 Å². The van der Waals surface area contributed by atoms with E-state index in [4.69, 9.17) is 25.1 Å². The average molecular weight is 281 g/mol. The summed E-state index contributed by atoms with van der Waals surface area (Å²) in [5.74, 6) is -1.34. The number of ether oxygens (including phenoxy) is 3. The number of rotatable bonds is 5. The zero-order valence-electron chi connectivity index (χ0n) is 10.7. The van der Waals surface area contributed by atoms with Crippen LogP contribution in [-0.4, -0.2) is 42.6 Å². The third kappa shape index (κ3) is 3.77. The minimum absolute atomic E-state index is 0.207. The molecule has 1 aliphatic heterocycles. The summed E-state index contributed by atoms with van der Waals surface area (Å²) in [7, 11) is 0. The lowest BCUT2D eigenvalue weighted by atomic mass is 10.1. The Hall–Kier alpha value is -1.96. The lowest BCUT2D eigenvalue weighted by Gasteiger charge is -2.10. The van der Waals surface area contributed by atoms with Gasteiger partial charge in [0, 0.05) is 0 Å². The van der Waals surface area contributed by atoms with E-state index in [2.05, 4.69) is 0 Å². The highest BCUT2D eigenvalue weighted by Crippen LogP contribution is 2.15. The molecule has 1 unspecified atom stereocenters. The Kier molecular flexibility index (Phi) is 4.67. The minimum atomic E-state index is -1.06. The number of carboxylic acid groups (broad SMARTS) is 1. The Balaban J connectivity index is 1.91. The van der Waals surface area contributed by atoms with E-state index in [9.17, 15) is 9.59 Å². The molecule has 0 aliphatic carbocycles. The van der Waals surface area contributed by atoms with E-state index in [0.29, 0.717) is 19.0 Å². The summed E-state index contributed by atoms with van der Waals surface area (Å²) in [5, 5.41) is 8.72. The molecule has 2 rings (SSSR count). The smallest absolute Gasteiger partial charge is 0.368 e. The number of carboxylic acids is 1. The molecule has 7 heteroatoms. The first-order chi connectivity index (χ1) is 9.56. The maximum Gasteiger partial charge on any atom is 0.368 e. The molecule has 108 valence electrons. The Morgan fingerprint density at radius 1 is 1.30 bits per heavy atom. The summed E-state index contributed by atoms with van der Waals surface area (Å²) in [5.41, 5.74) is 6.18. The van der Waals surface area contributed by atoms with Crippen LogP contribution in [0.5, 0.6) is 5.75 Å². The second-order valence-corrected chi connectivity index (χ2v) is 4.29. The van der Waals surface area contributed by atoms with Gasteiger partial charge in [-0.25, -0.2) is 4.79 Å². The summed E-state index contributed by atoms with van der Waals surface area (Å²) in [6, 6.07) is 5.49. The van der Waals surface area contributed by atoms with Crippen molar-refractivity contribution in [3.8, 4) is 5.75 Å². The highest BCUT2D eigenvalue weighted by Gasteiger charge is 2.26. The van der Waals surface area contributed by atoms with Gasteiger partial charge in [0.2, 0.25) is 0 Å². The Morgan fingerprint density at radius 2 is 1.90 bits per heavy atom. The Bertz CT molecular complexity index is 480. The quantitative estimate of drug-likeness (QED) is 0.574. The predicted octanol–water partition coefficient (Wildman–Crippen LogP) is -0.0807. The molecule has 1 saturated heterocycles. The number of aliphatic carboxylic acids is 1. The van der Waals surface area contributed by atoms with Gasteiger partial charge in [-0.15, -0.1) is 0 Å². The molecule has 0 aromatic heterocycles. The van der Waals surface area contributed by atoms with E-state index in [1.165, 1.54) is 0 Å². The number of nitrogens with two attached hydrogens (primary N) is 1. The summed E-state index contributed by atoms with van der Waals surface area (Å²) in [4.78, 5) is 22.2. The van der Waals surface area contributed by atoms with Gasteiger partial charge in [0.25, 0.3) is 6.29 Å². The van der Waals surface area contributed by atoms with Crippen LogP contribution in [0.1, 0.15) is 5.56 Å². The molecule has 20 heavy (non-hydrogen) atoms. The standard InChI is InChI=1S/C13H15NO6/c14-10(11(15)16)7-8-1-3-9(4-2-8)20-12(17)13-18-5-6-19-13/h1-4,10,13H,5-7,14H2,(H,15,16). The van der Waals surface area contributed by atoms with Gasteiger partial charge in [-0.3, -0.25) is 4.79 Å². The van der Waals surface area contributed by atoms with Crippen molar-refractivity contribution in [2.24, 2.45) is 5.73 Å². The third-order valence-electron chi connectivity index (χ3n) is 2.73. The fourth-order valence-corrected chi connectivity index (χ4v) is 1.69. The van der Waals surface area contributed by atoms with Crippen LogP contribution in [0.2, 0.25) is 0 Å². The molecule has 1 aromatic rings. The zero-order valence-corrected chi connectivity index (χ0v) is 10.7. The van der Waals surface area contributed by atoms with Crippen LogP contribution in [-0.2, 0) is 25.5 Å². The van der Waals surface area contributed by atoms with E-state index in [1.807, 2.05) is 0 Å². The van der Waals surface area contributed by atoms with Crippen LogP contribution >= 0.6 is 0 Å². The average Bonchev–Trinajstić information content (AvgIpc) is 2.95. The van der Waals surface area contributed by atoms with Gasteiger partial charge in [0.05, 0.1) is 13.2 Å². The monoisotopic (exact) mass is 281 g/mol. The van der Waals surface area contributed by atoms with Crippen molar-refractivity contribution < 1.29 is 28.9 Å². The molecule has 7 nitrogen and oxygen atoms in total. The van der Waals surface area contributed by atoms with Crippen molar-refractivity contribution in [1.82, 2.24) is 0 Å². The maximum absolute atomic E-state index is 11.6. The van der Waals surface area contributed by atoms with Gasteiger partial charge in [-0.1, -0.05) is 12.1 Å². The lowest BCUT2D eigenvalue weighted by Crippen LogP contribution is -2.32. The lowest BCUT2D eigenvalue weighted by molar-refractivity contribution is -0.162. The number of carbonyl (C=O) groups excluding carboxylic acids is 1. The molecule has 1 aliphatic rings. The molecule has 0 bridgehead atoms. The summed E-state index contributed by atoms with van der Waals surface area (Å²) < 4.78 is 15.1. The fraction of sp³-hybridized carbons (Fsp3) is 0.385. The zero-order chi connectivity index (χ0) is 14.5. The summed E-state index contributed by atoms with van der Waals surface area (Å²) in [6.45, 7) is 0.734. The van der Waals surface area contributed by atoms with Crippen molar-refractivity contribution >= 4 is 11.9 Å². The minimum Gasteiger partial charge on any atom is -0.480 e. The SMILES string of the molecule is NC(Cc1ccc(OC(=O)C2OCCO2)cc1)C(=O)O. The van der Waals surface area contributed by atoms with E-state index in [0.717, 1.165) is 5.56 Å². The topological polar surface area (TPSA) is 108 Å². The predicted molar refractivity (Wildman–Crippen MR) is 67.1 cm³/mol. The molecular formula is C13H15NO6. The van der Waals surface area contributed by atoms with Crippen molar-refractivity contribution in [3.05, 3.63) is 29.8 Å². The van der Waals surface area contributed by atoms with Gasteiger partial charge in [-0.05, 0) is 24.1 Å². The first-order valence-corrected chi connectivity index (χ1v) is 6.08. The largest absolute Gasteiger partial charge is 0.480 e. The normalized spacial score (nSPS) is 16.9. The van der Waals surface area contributed by atoms with Crippen LogP contribution in [0.15, 0.2) is 24.3 Å². The number of carbonyl (C=O) groups is 2. The summed E-state index contributed by atoms with van der Waals surface area (Å²) in [6.07, 6.45) is -0.770. The van der Waals surface area contributed by atoms with Gasteiger partial charge in [-0.2, -0.15) is 0 Å². The molecule has 3 N–H and O–H groups in total. The number of hydrogen-bond donors (Lipinski definition) is 2. The Morgan fingerprint density at radius 3 is 2.45 bits per heavy atom. The van der Waals surface area contributed by atoms with Gasteiger partial charge < -0.3 is 25.1 Å². The molecular weight excluding hydrogens is 266 g/mol. The molecule has 0 spiro atoms. The van der Waals surface area contributed by atoms with Crippen LogP contribution in [0.25, 0.3) is 0 Å². The molecule has 1 heterocycles. The van der Waals surface area contributed by atoms with Crippen LogP contribution < -0.4 is 10.5 Å². The van der Waals surface area contributed by atoms with E-state index in [-0.39, 0.29) is 6.42 Å². The fourth-order valence-electron chi connectivity index (χ4n) is 1.69. The summed E-state index contributed by atoms with van der Waals surface area (Å²) >= 11 is 0. The maximum atomic E-state index is 11.6. The number of esters is 1. The number of benzene rings is 1. The van der Waals surface area contributed by atoms with Crippen molar-refractivity contribution in [1.29, 1.82) is 0 Å². The number of hydrogen-bond acceptors (Lipinski definition) is 6. The molecule has 0 radical (unpaired) electrons. The van der Waals surface area contributed by atoms with Crippen LogP contribution in [0, 0.1) is 0 Å². The van der Waals surface area contributed by atoms with Crippen molar-refractivity contribution in [2.75, 3.05) is 13.2 Å². The molecule has 0 saturated carbocycles. The second kappa shape index (κ2) is 6.47. The molecule has 1 aromatic carbocycles. The molecule has 1 fully saturated rings. The highest BCUT2D eigenvalue weighted by atomic mass is 16.7. The van der Waals surface area contributed by atoms with E-state index in [1.54, 1.807) is 24.3 Å². The third-order valence-corrected chi connectivity index (χ3v) is 2.73. The van der Waals surface area contributed by atoms with E-state index < -0.39 is 24.3 Å². The highest BCUT2D eigenvalue weighted by molar-refractivity contribution is 5.76. The molecule has 1 atom stereocenters. The Labute approximate surface area is 115 Å². The van der Waals surface area contributed by atoms with Crippen LogP contribution in [0.4, 0.5) is 0 Å². The molecule has 0 amide bonds.